The highest BCUT2D eigenvalue weighted by molar-refractivity contribution is 6.08. The van der Waals surface area contributed by atoms with Gasteiger partial charge in [-0.25, -0.2) is 18.3 Å². The van der Waals surface area contributed by atoms with Crippen molar-refractivity contribution < 1.29 is 27.9 Å². The minimum atomic E-state index is -2.85. The Morgan fingerprint density at radius 1 is 1.02 bits per heavy atom. The minimum Gasteiger partial charge on any atom is -0.381 e. The van der Waals surface area contributed by atoms with Gasteiger partial charge in [0.2, 0.25) is 11.8 Å². The smallest absolute Gasteiger partial charge is 0.284 e. The number of nitrogens with zero attached hydrogens (tertiary/aromatic N) is 9. The molecular weight excluding hydrogens is 787 g/mol. The van der Waals surface area contributed by atoms with E-state index in [9.17, 15) is 23.2 Å². The molecule has 5 aliphatic rings. The molecule has 5 aromatic rings. The number of benzene rings is 1. The fourth-order valence-corrected chi connectivity index (χ4v) is 10.6. The third kappa shape index (κ3) is 7.61. The van der Waals surface area contributed by atoms with Gasteiger partial charge in [0.05, 0.1) is 59.5 Å². The van der Waals surface area contributed by atoms with E-state index < -0.39 is 23.9 Å². The number of aryl methyl sites for hydroxylation is 1. The minimum absolute atomic E-state index is 0.00503. The Kier molecular flexibility index (Phi) is 10.5. The summed E-state index contributed by atoms with van der Waals surface area (Å²) < 4.78 is 39.4. The van der Waals surface area contributed by atoms with Crippen molar-refractivity contribution in [1.82, 2.24) is 44.4 Å². The second-order valence-electron chi connectivity index (χ2n) is 17.8. The van der Waals surface area contributed by atoms with Crippen molar-refractivity contribution in [3.05, 3.63) is 59.8 Å². The van der Waals surface area contributed by atoms with E-state index in [0.717, 1.165) is 93.3 Å². The molecule has 3 saturated heterocycles. The molecule has 3 N–H and O–H groups in total. The Bertz CT molecular complexity index is 2470. The maximum absolute atomic E-state index is 14.3. The van der Waals surface area contributed by atoms with Crippen LogP contribution in [0.25, 0.3) is 16.6 Å². The van der Waals surface area contributed by atoms with E-state index in [0.29, 0.717) is 48.8 Å². The normalized spacial score (nSPS) is 26.9. The highest BCUT2D eigenvalue weighted by Crippen LogP contribution is 2.38. The summed E-state index contributed by atoms with van der Waals surface area (Å²) in [6.07, 6.45) is 11.6. The third-order valence-corrected chi connectivity index (χ3v) is 13.9. The highest BCUT2D eigenvalue weighted by Gasteiger charge is 2.40. The Hall–Kier alpha value is -5.49. The van der Waals surface area contributed by atoms with Crippen molar-refractivity contribution in [2.75, 3.05) is 42.3 Å². The topological polar surface area (TPSA) is 169 Å². The van der Waals surface area contributed by atoms with Crippen LogP contribution in [0, 0.1) is 5.92 Å². The van der Waals surface area contributed by atoms with Gasteiger partial charge in [-0.15, -0.1) is 0 Å². The van der Waals surface area contributed by atoms with Crippen LogP contribution >= 0.6 is 0 Å². The first kappa shape index (κ1) is 39.6. The molecule has 3 atom stereocenters. The second kappa shape index (κ2) is 16.1. The molecule has 2 aliphatic carbocycles. The van der Waals surface area contributed by atoms with Crippen molar-refractivity contribution >= 4 is 51.5 Å². The van der Waals surface area contributed by atoms with Gasteiger partial charge in [0, 0.05) is 56.4 Å². The van der Waals surface area contributed by atoms with Gasteiger partial charge in [-0.3, -0.25) is 29.1 Å². The Morgan fingerprint density at radius 2 is 1.84 bits per heavy atom. The average molecular weight is 839 g/mol. The predicted molar refractivity (Wildman–Crippen MR) is 223 cm³/mol. The lowest BCUT2D eigenvalue weighted by molar-refractivity contribution is -0.134. The zero-order chi connectivity index (χ0) is 41.9. The number of carbonyl (C=O) groups excluding carboxylic acids is 3. The lowest BCUT2D eigenvalue weighted by Gasteiger charge is -2.38. The number of alkyl halides is 2. The van der Waals surface area contributed by atoms with Crippen molar-refractivity contribution in [2.24, 2.45) is 13.0 Å². The average Bonchev–Trinajstić information content (AvgIpc) is 4.11. The van der Waals surface area contributed by atoms with E-state index in [1.54, 1.807) is 17.1 Å². The van der Waals surface area contributed by atoms with Gasteiger partial charge < -0.3 is 25.2 Å². The van der Waals surface area contributed by atoms with Gasteiger partial charge in [0.25, 0.3) is 12.3 Å². The van der Waals surface area contributed by atoms with Gasteiger partial charge in [-0.05, 0) is 89.3 Å². The van der Waals surface area contributed by atoms with E-state index in [1.165, 1.54) is 10.7 Å². The zero-order valence-electron chi connectivity index (χ0n) is 34.5. The number of amides is 3. The van der Waals surface area contributed by atoms with Crippen molar-refractivity contribution in [3.63, 3.8) is 0 Å². The Balaban J connectivity index is 0.723. The molecule has 7 heterocycles. The number of rotatable bonds is 11. The van der Waals surface area contributed by atoms with Crippen LogP contribution in [0.4, 0.5) is 26.0 Å². The van der Waals surface area contributed by atoms with Crippen LogP contribution in [0.2, 0.25) is 0 Å². The van der Waals surface area contributed by atoms with Crippen LogP contribution in [-0.4, -0.2) is 108 Å². The fraction of sp³-hybridized carbons (Fsp3) is 0.558. The van der Waals surface area contributed by atoms with Crippen LogP contribution in [0.1, 0.15) is 111 Å². The monoisotopic (exact) mass is 838 g/mol. The first-order chi connectivity index (χ1) is 29.6. The molecule has 18 heteroatoms. The van der Waals surface area contributed by atoms with Gasteiger partial charge in [-0.1, -0.05) is 12.1 Å². The SMILES string of the molecule is CN(CC1CCC(n2cc(NC(=O)c3cnn4ccc(N5C[C@H]6C[C@@H]5CO6)nc34)c(C(F)F)n2)CC1)C1CCC(Nc2cccc3c(C4CCC(=O)NC4=O)nn(C)c23)CC1. The third-order valence-electron chi connectivity index (χ3n) is 13.9. The maximum Gasteiger partial charge on any atom is 0.284 e. The van der Waals surface area contributed by atoms with Crippen LogP contribution in [-0.2, 0) is 21.4 Å². The van der Waals surface area contributed by atoms with E-state index in [2.05, 4.69) is 49.1 Å². The number of nitrogens with one attached hydrogen (secondary N) is 3. The first-order valence-corrected chi connectivity index (χ1v) is 21.7. The largest absolute Gasteiger partial charge is 0.381 e. The Labute approximate surface area is 351 Å². The fourth-order valence-electron chi connectivity index (χ4n) is 10.6. The van der Waals surface area contributed by atoms with Gasteiger partial charge in [0.15, 0.2) is 11.3 Å². The Morgan fingerprint density at radius 3 is 2.57 bits per heavy atom. The molecule has 2 bridgehead atoms. The number of fused-ring (bicyclic) bond motifs is 4. The molecule has 16 nitrogen and oxygen atoms in total. The van der Waals surface area contributed by atoms with E-state index in [4.69, 9.17) is 14.8 Å². The molecular formula is C43H52F2N12O4. The number of carbonyl (C=O) groups is 3. The van der Waals surface area contributed by atoms with Crippen LogP contribution in [0.5, 0.6) is 0 Å². The molecule has 2 saturated carbocycles. The highest BCUT2D eigenvalue weighted by atomic mass is 19.3. The summed E-state index contributed by atoms with van der Waals surface area (Å²) in [4.78, 5) is 47.4. The summed E-state index contributed by atoms with van der Waals surface area (Å²) in [7, 11) is 4.13. The number of piperidine rings is 1. The quantitative estimate of drug-likeness (QED) is 0.142. The van der Waals surface area contributed by atoms with E-state index in [-0.39, 0.29) is 41.3 Å². The van der Waals surface area contributed by atoms with E-state index in [1.807, 2.05) is 29.9 Å². The van der Waals surface area contributed by atoms with Crippen LogP contribution in [0.3, 0.4) is 0 Å². The second-order valence-corrected chi connectivity index (χ2v) is 17.8. The number of morpholine rings is 1. The number of hydrogen-bond acceptors (Lipinski definition) is 11. The first-order valence-electron chi connectivity index (χ1n) is 21.7. The van der Waals surface area contributed by atoms with Crippen LogP contribution < -0.4 is 20.9 Å². The molecule has 1 aromatic carbocycles. The molecule has 3 amide bonds. The number of para-hydroxylation sites is 1. The van der Waals surface area contributed by atoms with Crippen LogP contribution in [0.15, 0.2) is 42.9 Å². The molecule has 61 heavy (non-hydrogen) atoms. The van der Waals surface area contributed by atoms with Crippen molar-refractivity contribution in [1.29, 1.82) is 0 Å². The molecule has 1 unspecified atom stereocenters. The number of imide groups is 1. The lowest BCUT2D eigenvalue weighted by Crippen LogP contribution is -2.41. The molecule has 10 rings (SSSR count). The van der Waals surface area contributed by atoms with Gasteiger partial charge in [-0.2, -0.15) is 15.3 Å². The number of aromatic nitrogens is 7. The summed E-state index contributed by atoms with van der Waals surface area (Å²) in [5, 5.41) is 23.3. The van der Waals surface area contributed by atoms with Crippen molar-refractivity contribution in [3.8, 4) is 0 Å². The summed E-state index contributed by atoms with van der Waals surface area (Å²) in [6.45, 7) is 2.37. The molecule has 4 aromatic heterocycles. The number of halogens is 2. The lowest BCUT2D eigenvalue weighted by atomic mass is 9.84. The summed E-state index contributed by atoms with van der Waals surface area (Å²) in [6, 6.07) is 8.96. The maximum atomic E-state index is 14.3. The molecule has 3 aliphatic heterocycles. The molecule has 322 valence electrons. The summed E-state index contributed by atoms with van der Waals surface area (Å²) in [5.74, 6) is -0.278. The number of ether oxygens (including phenoxy) is 1. The van der Waals surface area contributed by atoms with Crippen molar-refractivity contribution in [2.45, 2.75) is 113 Å². The van der Waals surface area contributed by atoms with E-state index >= 15 is 0 Å². The summed E-state index contributed by atoms with van der Waals surface area (Å²) in [5.41, 5.74) is 2.82. The standard InChI is InChI=1S/C43H52F2N12O4/c1-53(26-12-8-25(9-13-26)47-33-5-3-4-30-37(51-54(2)39(30)33)31-14-15-36(58)50-42(31)59)20-24-6-10-27(11-7-24)57-22-34(38(52-57)40(44)45)48-43(60)32-19-46-56-17-16-35(49-41(32)56)55-21-29-18-28(55)23-61-29/h3-5,16-17,19,22,24-29,31,40,47H,6-15,18,20-21,23H2,1-2H3,(H,48,60)(H,50,58,59)/t24?,25?,26?,27?,28-,29-,31?/m1/s1. The molecule has 5 fully saturated rings. The molecule has 0 radical (unpaired) electrons. The zero-order valence-corrected chi connectivity index (χ0v) is 34.5. The summed E-state index contributed by atoms with van der Waals surface area (Å²) >= 11 is 0. The van der Waals surface area contributed by atoms with Gasteiger partial charge in [0.1, 0.15) is 11.4 Å². The molecule has 0 spiro atoms. The predicted octanol–water partition coefficient (Wildman–Crippen LogP) is 5.59. The number of anilines is 3. The van der Waals surface area contributed by atoms with Gasteiger partial charge >= 0.3 is 0 Å². The number of hydrogen-bond donors (Lipinski definition) is 3.